The van der Waals surface area contributed by atoms with E-state index < -0.39 is 12.0 Å². The van der Waals surface area contributed by atoms with E-state index in [9.17, 15) is 14.7 Å². The van der Waals surface area contributed by atoms with Crippen LogP contribution in [0.3, 0.4) is 0 Å². The number of hydrogen-bond acceptors (Lipinski definition) is 4. The van der Waals surface area contributed by atoms with Gasteiger partial charge in [-0.05, 0) is 55.2 Å². The van der Waals surface area contributed by atoms with Crippen molar-refractivity contribution in [2.75, 3.05) is 19.6 Å². The molecule has 0 aromatic carbocycles. The molecule has 1 aromatic heterocycles. The third kappa shape index (κ3) is 3.40. The summed E-state index contributed by atoms with van der Waals surface area (Å²) in [6, 6.07) is 3.46. The van der Waals surface area contributed by atoms with Crippen molar-refractivity contribution in [1.82, 2.24) is 14.8 Å². The number of aliphatic carboxylic acids is 1. The van der Waals surface area contributed by atoms with Crippen LogP contribution in [-0.2, 0) is 16.1 Å². The molecule has 1 N–H and O–H groups in total. The van der Waals surface area contributed by atoms with Gasteiger partial charge in [0.15, 0.2) is 0 Å². The zero-order valence-corrected chi connectivity index (χ0v) is 14.4. The number of carboxylic acids is 1. The highest BCUT2D eigenvalue weighted by molar-refractivity contribution is 5.81. The standard InChI is InChI=1S/C19H25N3O3/c23-17(15-1-2-15)21-9-5-19(6-10-21)11-16(18(24)25)22(13-19)12-14-3-7-20-8-4-14/h3-4,7-8,15-16H,1-2,5-6,9-13H2,(H,24,25). The molecular formula is C19H25N3O3. The maximum absolute atomic E-state index is 12.3. The maximum atomic E-state index is 12.3. The summed E-state index contributed by atoms with van der Waals surface area (Å²) in [5.74, 6) is -0.147. The van der Waals surface area contributed by atoms with Crippen LogP contribution in [0.4, 0.5) is 0 Å². The van der Waals surface area contributed by atoms with Crippen molar-refractivity contribution in [3.63, 3.8) is 0 Å². The van der Waals surface area contributed by atoms with Crippen LogP contribution in [-0.4, -0.2) is 57.4 Å². The van der Waals surface area contributed by atoms with Gasteiger partial charge in [-0.3, -0.25) is 19.5 Å². The Labute approximate surface area is 147 Å². The first-order chi connectivity index (χ1) is 12.1. The van der Waals surface area contributed by atoms with E-state index in [-0.39, 0.29) is 11.3 Å². The fraction of sp³-hybridized carbons (Fsp3) is 0.632. The molecular weight excluding hydrogens is 318 g/mol. The number of nitrogens with zero attached hydrogens (tertiary/aromatic N) is 3. The molecule has 3 heterocycles. The van der Waals surface area contributed by atoms with E-state index in [0.717, 1.165) is 50.9 Å². The largest absolute Gasteiger partial charge is 0.480 e. The first kappa shape index (κ1) is 16.5. The molecule has 1 saturated carbocycles. The number of amides is 1. The number of rotatable bonds is 4. The molecule has 6 heteroatoms. The average molecular weight is 343 g/mol. The fourth-order valence-corrected chi connectivity index (χ4v) is 4.43. The van der Waals surface area contributed by atoms with Crippen LogP contribution in [0.15, 0.2) is 24.5 Å². The Kier molecular flexibility index (Phi) is 4.23. The molecule has 1 spiro atoms. The van der Waals surface area contributed by atoms with Gasteiger partial charge in [0.2, 0.25) is 5.91 Å². The molecule has 1 aliphatic carbocycles. The summed E-state index contributed by atoms with van der Waals surface area (Å²) >= 11 is 0. The molecule has 2 saturated heterocycles. The van der Waals surface area contributed by atoms with Gasteiger partial charge in [0.05, 0.1) is 0 Å². The smallest absolute Gasteiger partial charge is 0.320 e. The highest BCUT2D eigenvalue weighted by Gasteiger charge is 2.49. The zero-order valence-electron chi connectivity index (χ0n) is 14.4. The molecule has 1 aromatic rings. The summed E-state index contributed by atoms with van der Waals surface area (Å²) in [6.07, 6.45) is 8.11. The van der Waals surface area contributed by atoms with Crippen LogP contribution in [0.5, 0.6) is 0 Å². The van der Waals surface area contributed by atoms with E-state index >= 15 is 0 Å². The van der Waals surface area contributed by atoms with E-state index in [1.807, 2.05) is 17.0 Å². The van der Waals surface area contributed by atoms with E-state index in [4.69, 9.17) is 0 Å². The van der Waals surface area contributed by atoms with E-state index in [2.05, 4.69) is 9.88 Å². The molecule has 1 atom stereocenters. The Hall–Kier alpha value is -1.95. The SMILES string of the molecule is O=C(O)C1CC2(CCN(C(=O)C3CC3)CC2)CN1Cc1ccncc1. The number of aromatic nitrogens is 1. The molecule has 4 rings (SSSR count). The van der Waals surface area contributed by atoms with Crippen molar-refractivity contribution < 1.29 is 14.7 Å². The van der Waals surface area contributed by atoms with Crippen LogP contribution in [0.25, 0.3) is 0 Å². The summed E-state index contributed by atoms with van der Waals surface area (Å²) in [5.41, 5.74) is 1.14. The van der Waals surface area contributed by atoms with Crippen molar-refractivity contribution in [3.8, 4) is 0 Å². The van der Waals surface area contributed by atoms with Gasteiger partial charge in [-0.1, -0.05) is 0 Å². The summed E-state index contributed by atoms with van der Waals surface area (Å²) in [5, 5.41) is 9.68. The van der Waals surface area contributed by atoms with Gasteiger partial charge in [-0.15, -0.1) is 0 Å². The minimum Gasteiger partial charge on any atom is -0.480 e. The Bertz CT molecular complexity index is 651. The van der Waals surface area contributed by atoms with Crippen LogP contribution < -0.4 is 0 Å². The topological polar surface area (TPSA) is 73.7 Å². The van der Waals surface area contributed by atoms with E-state index in [0.29, 0.717) is 18.9 Å². The number of likely N-dealkylation sites (tertiary alicyclic amines) is 2. The molecule has 0 bridgehead atoms. The summed E-state index contributed by atoms with van der Waals surface area (Å²) in [6.45, 7) is 3.01. The third-order valence-corrected chi connectivity index (χ3v) is 6.09. The number of hydrogen-bond donors (Lipinski definition) is 1. The van der Waals surface area contributed by atoms with E-state index in [1.54, 1.807) is 12.4 Å². The van der Waals surface area contributed by atoms with Crippen molar-refractivity contribution in [2.45, 2.75) is 44.7 Å². The molecule has 1 amide bonds. The molecule has 3 fully saturated rings. The van der Waals surface area contributed by atoms with E-state index in [1.165, 1.54) is 0 Å². The molecule has 25 heavy (non-hydrogen) atoms. The number of pyridine rings is 1. The van der Waals surface area contributed by atoms with Crippen molar-refractivity contribution in [3.05, 3.63) is 30.1 Å². The van der Waals surface area contributed by atoms with Crippen molar-refractivity contribution in [2.24, 2.45) is 11.3 Å². The lowest BCUT2D eigenvalue weighted by molar-refractivity contribution is -0.142. The van der Waals surface area contributed by atoms with Crippen LogP contribution in [0.1, 0.15) is 37.7 Å². The number of carbonyl (C=O) groups is 2. The predicted molar refractivity (Wildman–Crippen MR) is 91.7 cm³/mol. The average Bonchev–Trinajstić information content (AvgIpc) is 3.40. The van der Waals surface area contributed by atoms with Gasteiger partial charge in [0.1, 0.15) is 6.04 Å². The van der Waals surface area contributed by atoms with Crippen molar-refractivity contribution in [1.29, 1.82) is 0 Å². The van der Waals surface area contributed by atoms with Gasteiger partial charge >= 0.3 is 5.97 Å². The lowest BCUT2D eigenvalue weighted by Crippen LogP contribution is -2.44. The van der Waals surface area contributed by atoms with Crippen molar-refractivity contribution >= 4 is 11.9 Å². The summed E-state index contributed by atoms with van der Waals surface area (Å²) in [4.78, 5) is 32.2. The summed E-state index contributed by atoms with van der Waals surface area (Å²) < 4.78 is 0. The number of carbonyl (C=O) groups excluding carboxylic acids is 1. The quantitative estimate of drug-likeness (QED) is 0.902. The first-order valence-electron chi connectivity index (χ1n) is 9.21. The number of piperidine rings is 1. The zero-order chi connectivity index (χ0) is 17.4. The molecule has 2 aliphatic heterocycles. The second-order valence-electron chi connectivity index (χ2n) is 7.92. The van der Waals surface area contributed by atoms with Gasteiger partial charge < -0.3 is 10.0 Å². The first-order valence-corrected chi connectivity index (χ1v) is 9.21. The highest BCUT2D eigenvalue weighted by Crippen LogP contribution is 2.44. The van der Waals surface area contributed by atoms with Crippen LogP contribution in [0.2, 0.25) is 0 Å². The maximum Gasteiger partial charge on any atom is 0.320 e. The monoisotopic (exact) mass is 343 g/mol. The fourth-order valence-electron chi connectivity index (χ4n) is 4.43. The minimum atomic E-state index is -0.734. The lowest BCUT2D eigenvalue weighted by Gasteiger charge is -2.39. The van der Waals surface area contributed by atoms with Crippen LogP contribution in [0, 0.1) is 11.3 Å². The van der Waals surface area contributed by atoms with Gasteiger partial charge in [-0.25, -0.2) is 0 Å². The molecule has 3 aliphatic rings. The Balaban J connectivity index is 1.43. The summed E-state index contributed by atoms with van der Waals surface area (Å²) in [7, 11) is 0. The lowest BCUT2D eigenvalue weighted by atomic mass is 9.76. The molecule has 134 valence electrons. The second kappa shape index (κ2) is 6.41. The molecule has 0 radical (unpaired) electrons. The molecule has 1 unspecified atom stereocenters. The normalized spacial score (nSPS) is 26.1. The second-order valence-corrected chi connectivity index (χ2v) is 7.92. The number of carboxylic acid groups (broad SMARTS) is 1. The van der Waals surface area contributed by atoms with Gasteiger partial charge in [0.25, 0.3) is 0 Å². The Morgan fingerprint density at radius 1 is 1.20 bits per heavy atom. The van der Waals surface area contributed by atoms with Crippen LogP contribution >= 0.6 is 0 Å². The molecule has 6 nitrogen and oxygen atoms in total. The predicted octanol–water partition coefficient (Wildman–Crippen LogP) is 1.76. The Morgan fingerprint density at radius 2 is 1.88 bits per heavy atom. The van der Waals surface area contributed by atoms with Gasteiger partial charge in [-0.2, -0.15) is 0 Å². The highest BCUT2D eigenvalue weighted by atomic mass is 16.4. The third-order valence-electron chi connectivity index (χ3n) is 6.09. The Morgan fingerprint density at radius 3 is 2.48 bits per heavy atom. The minimum absolute atomic E-state index is 0.0381. The van der Waals surface area contributed by atoms with Gasteiger partial charge in [0, 0.05) is 44.5 Å².